The predicted molar refractivity (Wildman–Crippen MR) is 104 cm³/mol. The molecule has 1 aromatic carbocycles. The van der Waals surface area contributed by atoms with Gasteiger partial charge in [0.15, 0.2) is 5.13 Å². The minimum Gasteiger partial charge on any atom is -0.477 e. The normalized spacial score (nSPS) is 19.0. The third kappa shape index (κ3) is 6.13. The quantitative estimate of drug-likeness (QED) is 0.526. The number of hydrogen-bond acceptors (Lipinski definition) is 6. The second kappa shape index (κ2) is 10.00. The van der Waals surface area contributed by atoms with Gasteiger partial charge in [-0.2, -0.15) is 35.1 Å². The Morgan fingerprint density at radius 2 is 1.79 bits per heavy atom. The number of aromatic carboxylic acids is 1. The van der Waals surface area contributed by atoms with Crippen molar-refractivity contribution in [3.63, 3.8) is 0 Å². The van der Waals surface area contributed by atoms with E-state index in [0.717, 1.165) is 34.6 Å². The third-order valence-electron chi connectivity index (χ3n) is 5.11. The lowest BCUT2D eigenvalue weighted by molar-refractivity contribution is -0.191. The average Bonchev–Trinajstić information content (AvgIpc) is 3.21. The Labute approximate surface area is 191 Å². The maximum Gasteiger partial charge on any atom is 0.416 e. The Bertz CT molecular complexity index is 980. The molecule has 1 fully saturated rings. The summed E-state index contributed by atoms with van der Waals surface area (Å²) in [5.74, 6) is -1.28. The van der Waals surface area contributed by atoms with Crippen molar-refractivity contribution in [1.29, 1.82) is 0 Å². The molecule has 34 heavy (non-hydrogen) atoms. The fourth-order valence-electron chi connectivity index (χ4n) is 3.65. The van der Waals surface area contributed by atoms with E-state index in [1.165, 1.54) is 4.90 Å². The van der Waals surface area contributed by atoms with Crippen LogP contribution in [0.1, 0.15) is 26.8 Å². The number of carboxylic acids is 1. The smallest absolute Gasteiger partial charge is 0.416 e. The number of alkyl halides is 8. The van der Waals surface area contributed by atoms with Crippen LogP contribution in [0.5, 0.6) is 0 Å². The van der Waals surface area contributed by atoms with Gasteiger partial charge < -0.3 is 14.7 Å². The monoisotopic (exact) mass is 519 g/mol. The number of rotatable bonds is 7. The SMILES string of the molecule is O=C(O)c1cnc(N2CCN(C(c3ccc(C(F)(F)F)cc3)C(F)(F)F)C[C@H]2COC(F)F)s1. The first-order valence-corrected chi connectivity index (χ1v) is 10.4. The molecule has 1 saturated heterocycles. The lowest BCUT2D eigenvalue weighted by atomic mass is 10.0. The van der Waals surface area contributed by atoms with Crippen LogP contribution in [0.3, 0.4) is 0 Å². The highest BCUT2D eigenvalue weighted by atomic mass is 32.1. The van der Waals surface area contributed by atoms with Crippen molar-refractivity contribution in [3.05, 3.63) is 46.5 Å². The topological polar surface area (TPSA) is 65.9 Å². The van der Waals surface area contributed by atoms with E-state index in [4.69, 9.17) is 5.11 Å². The number of ether oxygens (including phenoxy) is 1. The summed E-state index contributed by atoms with van der Waals surface area (Å²) in [6, 6.07) is -0.794. The van der Waals surface area contributed by atoms with Crippen LogP contribution in [0.15, 0.2) is 30.5 Å². The molecular formula is C19H17F8N3O3S. The van der Waals surface area contributed by atoms with E-state index in [9.17, 15) is 39.9 Å². The molecule has 3 rings (SSSR count). The molecule has 1 N–H and O–H groups in total. The van der Waals surface area contributed by atoms with Crippen LogP contribution in [0.4, 0.5) is 40.3 Å². The van der Waals surface area contributed by atoms with Crippen molar-refractivity contribution in [1.82, 2.24) is 9.88 Å². The van der Waals surface area contributed by atoms with Crippen LogP contribution >= 0.6 is 11.3 Å². The summed E-state index contributed by atoms with van der Waals surface area (Å²) in [7, 11) is 0. The van der Waals surface area contributed by atoms with E-state index >= 15 is 0 Å². The summed E-state index contributed by atoms with van der Waals surface area (Å²) in [5.41, 5.74) is -1.55. The molecule has 1 aliphatic heterocycles. The molecule has 0 spiro atoms. The van der Waals surface area contributed by atoms with Crippen molar-refractivity contribution in [3.8, 4) is 0 Å². The van der Waals surface area contributed by atoms with E-state index in [0.29, 0.717) is 12.1 Å². The second-order valence-electron chi connectivity index (χ2n) is 7.31. The van der Waals surface area contributed by atoms with Crippen molar-refractivity contribution in [2.24, 2.45) is 0 Å². The fraction of sp³-hybridized carbons (Fsp3) is 0.474. The molecule has 1 aliphatic rings. The van der Waals surface area contributed by atoms with E-state index in [-0.39, 0.29) is 23.1 Å². The molecule has 1 unspecified atom stereocenters. The first-order chi connectivity index (χ1) is 15.8. The summed E-state index contributed by atoms with van der Waals surface area (Å²) in [6.07, 6.45) is -8.56. The van der Waals surface area contributed by atoms with Gasteiger partial charge in [0.05, 0.1) is 24.4 Å². The Kier molecular flexibility index (Phi) is 7.67. The molecule has 0 radical (unpaired) electrons. The number of thiazole rings is 1. The minimum atomic E-state index is -4.88. The lowest BCUT2D eigenvalue weighted by Gasteiger charge is -2.44. The Balaban J connectivity index is 1.88. The fourth-order valence-corrected chi connectivity index (χ4v) is 4.50. The third-order valence-corrected chi connectivity index (χ3v) is 6.13. The molecule has 1 aromatic heterocycles. The Morgan fingerprint density at radius 1 is 1.15 bits per heavy atom. The zero-order chi connectivity index (χ0) is 25.3. The summed E-state index contributed by atoms with van der Waals surface area (Å²) in [6.45, 7) is -4.72. The number of carboxylic acid groups (broad SMARTS) is 1. The van der Waals surface area contributed by atoms with E-state index in [2.05, 4.69) is 9.72 Å². The highest BCUT2D eigenvalue weighted by molar-refractivity contribution is 7.17. The molecule has 0 aliphatic carbocycles. The van der Waals surface area contributed by atoms with Crippen LogP contribution in [0.25, 0.3) is 0 Å². The maximum absolute atomic E-state index is 14.0. The number of aromatic nitrogens is 1. The Hall–Kier alpha value is -2.52. The van der Waals surface area contributed by atoms with Crippen LogP contribution in [-0.4, -0.2) is 66.0 Å². The molecule has 6 nitrogen and oxygen atoms in total. The number of anilines is 1. The molecule has 15 heteroatoms. The summed E-state index contributed by atoms with van der Waals surface area (Å²) in [4.78, 5) is 17.2. The van der Waals surface area contributed by atoms with Crippen LogP contribution in [0.2, 0.25) is 0 Å². The van der Waals surface area contributed by atoms with Crippen molar-refractivity contribution < 1.29 is 49.8 Å². The molecule has 0 amide bonds. The van der Waals surface area contributed by atoms with E-state index in [1.54, 1.807) is 0 Å². The van der Waals surface area contributed by atoms with Crippen molar-refractivity contribution in [2.75, 3.05) is 31.1 Å². The van der Waals surface area contributed by atoms with E-state index < -0.39 is 61.3 Å². The van der Waals surface area contributed by atoms with Gasteiger partial charge in [-0.3, -0.25) is 4.90 Å². The number of piperazine rings is 1. The minimum absolute atomic E-state index is 0.109. The van der Waals surface area contributed by atoms with Crippen molar-refractivity contribution in [2.45, 2.75) is 31.0 Å². The number of hydrogen-bond donors (Lipinski definition) is 1. The summed E-state index contributed by atoms with van der Waals surface area (Å²) < 4.78 is 110. The zero-order valence-corrected chi connectivity index (χ0v) is 17.8. The average molecular weight is 519 g/mol. The van der Waals surface area contributed by atoms with Crippen LogP contribution in [-0.2, 0) is 10.9 Å². The molecule has 2 heterocycles. The standard InChI is InChI=1S/C19H17F8N3O3S/c20-16(21)33-9-12-8-29(5-6-30(12)17-28-7-13(34-17)15(31)32)14(19(25,26)27)10-1-3-11(4-2-10)18(22,23)24/h1-4,7,12,14,16H,5-6,8-9H2,(H,31,32)/t12-,14?/m0/s1. The number of carbonyl (C=O) groups is 1. The predicted octanol–water partition coefficient (Wildman–Crippen LogP) is 4.89. The molecule has 2 atom stereocenters. The number of benzene rings is 1. The van der Waals surface area contributed by atoms with Gasteiger partial charge in [0.25, 0.3) is 0 Å². The Morgan fingerprint density at radius 3 is 2.29 bits per heavy atom. The van der Waals surface area contributed by atoms with Crippen molar-refractivity contribution >= 4 is 22.4 Å². The summed E-state index contributed by atoms with van der Waals surface area (Å²) >= 11 is 0.726. The van der Waals surface area contributed by atoms with Gasteiger partial charge in [-0.15, -0.1) is 0 Å². The van der Waals surface area contributed by atoms with Gasteiger partial charge in [-0.25, -0.2) is 9.78 Å². The van der Waals surface area contributed by atoms with Gasteiger partial charge in [0, 0.05) is 19.6 Å². The largest absolute Gasteiger partial charge is 0.477 e. The molecule has 0 saturated carbocycles. The van der Waals surface area contributed by atoms with E-state index in [1.807, 2.05) is 0 Å². The maximum atomic E-state index is 14.0. The first kappa shape index (κ1) is 26.1. The summed E-state index contributed by atoms with van der Waals surface area (Å²) in [5, 5.41) is 9.17. The first-order valence-electron chi connectivity index (χ1n) is 9.61. The molecular weight excluding hydrogens is 502 g/mol. The number of halogens is 8. The molecule has 188 valence electrons. The zero-order valence-electron chi connectivity index (χ0n) is 17.0. The highest BCUT2D eigenvalue weighted by Gasteiger charge is 2.47. The van der Waals surface area contributed by atoms with Gasteiger partial charge in [0.2, 0.25) is 0 Å². The lowest BCUT2D eigenvalue weighted by Crippen LogP contribution is -2.57. The second-order valence-corrected chi connectivity index (χ2v) is 8.32. The van der Waals surface area contributed by atoms with Gasteiger partial charge in [0.1, 0.15) is 10.9 Å². The van der Waals surface area contributed by atoms with Gasteiger partial charge in [-0.05, 0) is 17.7 Å². The molecule has 2 aromatic rings. The van der Waals surface area contributed by atoms with Gasteiger partial charge >= 0.3 is 24.9 Å². The highest BCUT2D eigenvalue weighted by Crippen LogP contribution is 2.40. The van der Waals surface area contributed by atoms with Gasteiger partial charge in [-0.1, -0.05) is 23.5 Å². The van der Waals surface area contributed by atoms with Crippen LogP contribution in [0, 0.1) is 0 Å². The molecule has 0 bridgehead atoms. The van der Waals surface area contributed by atoms with Crippen LogP contribution < -0.4 is 4.90 Å². The number of nitrogens with zero attached hydrogens (tertiary/aromatic N) is 3.